The Morgan fingerprint density at radius 2 is 2.24 bits per heavy atom. The van der Waals surface area contributed by atoms with Gasteiger partial charge in [-0.25, -0.2) is 9.97 Å². The largest absolute Gasteiger partial charge is 0.389 e. The molecule has 0 aliphatic carbocycles. The number of hydrogen-bond donors (Lipinski definition) is 2. The number of thiazole rings is 1. The molecule has 2 heterocycles. The summed E-state index contributed by atoms with van der Waals surface area (Å²) in [6.07, 6.45) is 3.53. The van der Waals surface area contributed by atoms with E-state index in [4.69, 9.17) is 18.0 Å². The Bertz CT molecular complexity index is 519. The number of nitrogens with one attached hydrogen (secondary N) is 1. The Morgan fingerprint density at radius 1 is 1.41 bits per heavy atom. The second kappa shape index (κ2) is 5.20. The highest BCUT2D eigenvalue weighted by Crippen LogP contribution is 2.13. The van der Waals surface area contributed by atoms with Crippen molar-refractivity contribution in [2.24, 2.45) is 5.73 Å². The SMILES string of the molecule is Cc1cnc(CNc2ccc(C(N)=S)cn2)s1. The highest BCUT2D eigenvalue weighted by molar-refractivity contribution is 7.80. The van der Waals surface area contributed by atoms with Crippen LogP contribution in [0.1, 0.15) is 15.4 Å². The van der Waals surface area contributed by atoms with E-state index < -0.39 is 0 Å². The first-order valence-electron chi connectivity index (χ1n) is 5.06. The summed E-state index contributed by atoms with van der Waals surface area (Å²) < 4.78 is 0. The molecule has 6 heteroatoms. The molecule has 0 atom stereocenters. The van der Waals surface area contributed by atoms with E-state index in [-0.39, 0.29) is 0 Å². The third kappa shape index (κ3) is 3.21. The summed E-state index contributed by atoms with van der Waals surface area (Å²) in [5.41, 5.74) is 6.27. The Kier molecular flexibility index (Phi) is 3.65. The number of pyridine rings is 1. The van der Waals surface area contributed by atoms with Crippen molar-refractivity contribution in [1.29, 1.82) is 0 Å². The molecule has 4 nitrogen and oxygen atoms in total. The smallest absolute Gasteiger partial charge is 0.126 e. The van der Waals surface area contributed by atoms with E-state index in [1.807, 2.05) is 25.3 Å². The fraction of sp³-hybridized carbons (Fsp3) is 0.182. The molecule has 2 rings (SSSR count). The zero-order valence-corrected chi connectivity index (χ0v) is 10.9. The maximum Gasteiger partial charge on any atom is 0.126 e. The van der Waals surface area contributed by atoms with Crippen molar-refractivity contribution in [2.45, 2.75) is 13.5 Å². The molecule has 0 aliphatic heterocycles. The standard InChI is InChI=1S/C11H12N4S2/c1-7-4-15-10(17-7)6-14-9-3-2-8(5-13-9)11(12)16/h2-5H,6H2,1H3,(H2,12,16)(H,13,14). The Balaban J connectivity index is 1.97. The molecule has 0 aliphatic rings. The number of nitrogens with two attached hydrogens (primary N) is 1. The average molecular weight is 264 g/mol. The molecular formula is C11H12N4S2. The van der Waals surface area contributed by atoms with Gasteiger partial charge in [0.1, 0.15) is 15.8 Å². The van der Waals surface area contributed by atoms with Crippen molar-refractivity contribution < 1.29 is 0 Å². The Hall–Kier alpha value is -1.53. The van der Waals surface area contributed by atoms with Crippen LogP contribution in [-0.2, 0) is 6.54 Å². The summed E-state index contributed by atoms with van der Waals surface area (Å²) in [4.78, 5) is 10.1. The number of nitrogens with zero attached hydrogens (tertiary/aromatic N) is 2. The van der Waals surface area contributed by atoms with Crippen LogP contribution in [0.2, 0.25) is 0 Å². The molecule has 0 aromatic carbocycles. The molecule has 0 amide bonds. The maximum atomic E-state index is 5.49. The van der Waals surface area contributed by atoms with Crippen LogP contribution in [0.15, 0.2) is 24.5 Å². The molecule has 88 valence electrons. The second-order valence-corrected chi connectivity index (χ2v) is 5.27. The first-order valence-corrected chi connectivity index (χ1v) is 6.28. The third-order valence-electron chi connectivity index (χ3n) is 2.14. The number of anilines is 1. The molecule has 0 fully saturated rings. The summed E-state index contributed by atoms with van der Waals surface area (Å²) >= 11 is 6.53. The van der Waals surface area contributed by atoms with Gasteiger partial charge in [-0.15, -0.1) is 11.3 Å². The van der Waals surface area contributed by atoms with Crippen molar-refractivity contribution in [1.82, 2.24) is 9.97 Å². The van der Waals surface area contributed by atoms with E-state index in [9.17, 15) is 0 Å². The van der Waals surface area contributed by atoms with E-state index in [0.717, 1.165) is 16.4 Å². The van der Waals surface area contributed by atoms with Crippen LogP contribution < -0.4 is 11.1 Å². The first kappa shape index (κ1) is 11.9. The molecule has 0 bridgehead atoms. The topological polar surface area (TPSA) is 63.8 Å². The minimum absolute atomic E-state index is 0.361. The van der Waals surface area contributed by atoms with Gasteiger partial charge >= 0.3 is 0 Å². The van der Waals surface area contributed by atoms with Crippen LogP contribution in [0.5, 0.6) is 0 Å². The predicted molar refractivity (Wildman–Crippen MR) is 74.3 cm³/mol. The van der Waals surface area contributed by atoms with Gasteiger partial charge in [-0.2, -0.15) is 0 Å². The fourth-order valence-electron chi connectivity index (χ4n) is 1.29. The number of hydrogen-bond acceptors (Lipinski definition) is 5. The van der Waals surface area contributed by atoms with Crippen molar-refractivity contribution in [3.63, 3.8) is 0 Å². The summed E-state index contributed by atoms with van der Waals surface area (Å²) in [6, 6.07) is 3.71. The molecule has 0 unspecified atom stereocenters. The van der Waals surface area contributed by atoms with E-state index in [2.05, 4.69) is 15.3 Å². The third-order valence-corrected chi connectivity index (χ3v) is 3.29. The number of rotatable bonds is 4. The van der Waals surface area contributed by atoms with Crippen molar-refractivity contribution >= 4 is 34.4 Å². The van der Waals surface area contributed by atoms with Crippen LogP contribution >= 0.6 is 23.6 Å². The number of aryl methyl sites for hydroxylation is 1. The van der Waals surface area contributed by atoms with Gasteiger partial charge in [0.25, 0.3) is 0 Å². The molecule has 0 radical (unpaired) electrons. The van der Waals surface area contributed by atoms with Gasteiger partial charge in [0.2, 0.25) is 0 Å². The highest BCUT2D eigenvalue weighted by atomic mass is 32.1. The lowest BCUT2D eigenvalue weighted by molar-refractivity contribution is 1.08. The van der Waals surface area contributed by atoms with Crippen LogP contribution in [0.3, 0.4) is 0 Å². The van der Waals surface area contributed by atoms with Gasteiger partial charge < -0.3 is 11.1 Å². The predicted octanol–water partition coefficient (Wildman–Crippen LogP) is 2.09. The van der Waals surface area contributed by atoms with Gasteiger partial charge in [-0.1, -0.05) is 12.2 Å². The summed E-state index contributed by atoms with van der Waals surface area (Å²) in [5, 5.41) is 4.24. The summed E-state index contributed by atoms with van der Waals surface area (Å²) in [5.74, 6) is 0.790. The minimum atomic E-state index is 0.361. The lowest BCUT2D eigenvalue weighted by Gasteiger charge is -2.04. The van der Waals surface area contributed by atoms with Gasteiger partial charge in [0, 0.05) is 22.8 Å². The Morgan fingerprint density at radius 3 is 2.76 bits per heavy atom. The Labute approximate surface area is 109 Å². The first-order chi connectivity index (χ1) is 8.15. The van der Waals surface area contributed by atoms with E-state index in [0.29, 0.717) is 11.5 Å². The lowest BCUT2D eigenvalue weighted by Crippen LogP contribution is -2.10. The zero-order valence-electron chi connectivity index (χ0n) is 9.30. The van der Waals surface area contributed by atoms with Crippen molar-refractivity contribution in [2.75, 3.05) is 5.32 Å². The lowest BCUT2D eigenvalue weighted by atomic mass is 10.3. The van der Waals surface area contributed by atoms with Gasteiger partial charge in [0.15, 0.2) is 0 Å². The maximum absolute atomic E-state index is 5.49. The number of thiocarbonyl (C=S) groups is 1. The molecule has 0 spiro atoms. The van der Waals surface area contributed by atoms with Gasteiger partial charge in [-0.05, 0) is 19.1 Å². The van der Waals surface area contributed by atoms with Crippen LogP contribution in [0, 0.1) is 6.92 Å². The number of aromatic nitrogens is 2. The van der Waals surface area contributed by atoms with Gasteiger partial charge in [-0.3, -0.25) is 0 Å². The molecule has 2 aromatic heterocycles. The van der Waals surface area contributed by atoms with Crippen LogP contribution in [0.4, 0.5) is 5.82 Å². The normalized spacial score (nSPS) is 10.2. The van der Waals surface area contributed by atoms with Crippen molar-refractivity contribution in [3.05, 3.63) is 40.0 Å². The van der Waals surface area contributed by atoms with E-state index in [1.165, 1.54) is 4.88 Å². The summed E-state index contributed by atoms with van der Waals surface area (Å²) in [6.45, 7) is 2.72. The molecule has 3 N–H and O–H groups in total. The minimum Gasteiger partial charge on any atom is -0.389 e. The molecule has 2 aromatic rings. The van der Waals surface area contributed by atoms with Gasteiger partial charge in [0.05, 0.1) is 6.54 Å². The van der Waals surface area contributed by atoms with E-state index in [1.54, 1.807) is 17.5 Å². The summed E-state index contributed by atoms with van der Waals surface area (Å²) in [7, 11) is 0. The molecule has 0 saturated heterocycles. The molecular weight excluding hydrogens is 252 g/mol. The zero-order chi connectivity index (χ0) is 12.3. The van der Waals surface area contributed by atoms with Crippen LogP contribution in [-0.4, -0.2) is 15.0 Å². The van der Waals surface area contributed by atoms with Crippen molar-refractivity contribution in [3.8, 4) is 0 Å². The fourth-order valence-corrected chi connectivity index (χ4v) is 2.14. The average Bonchev–Trinajstić information content (AvgIpc) is 2.73. The monoisotopic (exact) mass is 264 g/mol. The van der Waals surface area contributed by atoms with Crippen LogP contribution in [0.25, 0.3) is 0 Å². The quantitative estimate of drug-likeness (QED) is 0.828. The van der Waals surface area contributed by atoms with E-state index >= 15 is 0 Å². The molecule has 17 heavy (non-hydrogen) atoms. The second-order valence-electron chi connectivity index (χ2n) is 3.51. The molecule has 0 saturated carbocycles. The highest BCUT2D eigenvalue weighted by Gasteiger charge is 2.00.